The minimum Gasteiger partial charge on any atom is -0.497 e. The SMILES string of the molecule is COc1cccc(-c2ncc(CNC(=O)c3cc(-n4cnnn4)n[nH]3)s2)c1. The summed E-state index contributed by atoms with van der Waals surface area (Å²) >= 11 is 1.51. The number of methoxy groups -OCH3 is 1. The molecular weight excluding hydrogens is 368 g/mol. The molecule has 4 aromatic rings. The number of benzene rings is 1. The highest BCUT2D eigenvalue weighted by molar-refractivity contribution is 7.15. The molecule has 0 spiro atoms. The number of nitrogens with one attached hydrogen (secondary N) is 2. The number of H-pyrrole nitrogens is 1. The van der Waals surface area contributed by atoms with Gasteiger partial charge in [-0.2, -0.15) is 9.78 Å². The van der Waals surface area contributed by atoms with Gasteiger partial charge < -0.3 is 10.1 Å². The molecule has 0 aliphatic rings. The fraction of sp³-hybridized carbons (Fsp3) is 0.125. The summed E-state index contributed by atoms with van der Waals surface area (Å²) in [5.41, 5.74) is 1.29. The Labute approximate surface area is 157 Å². The number of thiazole rings is 1. The number of nitrogens with zero attached hydrogens (tertiary/aromatic N) is 6. The molecule has 0 unspecified atom stereocenters. The lowest BCUT2D eigenvalue weighted by molar-refractivity contribution is 0.0946. The average molecular weight is 382 g/mol. The van der Waals surface area contributed by atoms with E-state index in [-0.39, 0.29) is 5.91 Å². The summed E-state index contributed by atoms with van der Waals surface area (Å²) in [6.45, 7) is 0.361. The van der Waals surface area contributed by atoms with Crippen molar-refractivity contribution in [3.8, 4) is 22.1 Å². The summed E-state index contributed by atoms with van der Waals surface area (Å²) in [6.07, 6.45) is 3.15. The minimum atomic E-state index is -0.279. The Morgan fingerprint density at radius 2 is 2.30 bits per heavy atom. The van der Waals surface area contributed by atoms with Gasteiger partial charge in [0.05, 0.1) is 13.7 Å². The predicted molar refractivity (Wildman–Crippen MR) is 96.6 cm³/mol. The Hall–Kier alpha value is -3.60. The molecule has 0 aliphatic carbocycles. The molecule has 0 aliphatic heterocycles. The average Bonchev–Trinajstić information content (AvgIpc) is 3.47. The summed E-state index contributed by atoms with van der Waals surface area (Å²) in [6, 6.07) is 9.25. The lowest BCUT2D eigenvalue weighted by atomic mass is 10.2. The van der Waals surface area contributed by atoms with Crippen molar-refractivity contribution in [1.82, 2.24) is 40.7 Å². The normalized spacial score (nSPS) is 10.7. The van der Waals surface area contributed by atoms with Crippen LogP contribution in [0.1, 0.15) is 15.4 Å². The number of hydrogen-bond acceptors (Lipinski definition) is 8. The van der Waals surface area contributed by atoms with Gasteiger partial charge in [-0.3, -0.25) is 9.89 Å². The van der Waals surface area contributed by atoms with Crippen molar-refractivity contribution in [2.45, 2.75) is 6.54 Å². The number of carbonyl (C=O) groups excluding carboxylic acids is 1. The van der Waals surface area contributed by atoms with Crippen molar-refractivity contribution in [3.63, 3.8) is 0 Å². The quantitative estimate of drug-likeness (QED) is 0.517. The molecule has 27 heavy (non-hydrogen) atoms. The van der Waals surface area contributed by atoms with Gasteiger partial charge in [0.15, 0.2) is 5.82 Å². The van der Waals surface area contributed by atoms with Gasteiger partial charge in [-0.1, -0.05) is 12.1 Å². The Kier molecular flexibility index (Phi) is 4.58. The lowest BCUT2D eigenvalue weighted by Crippen LogP contribution is -2.22. The molecule has 0 radical (unpaired) electrons. The maximum Gasteiger partial charge on any atom is 0.269 e. The standard InChI is InChI=1S/C16H14N8O2S/c1-26-11-4-2-3-10(5-11)16-18-8-12(27-16)7-17-15(25)13-6-14(21-20-13)24-9-19-22-23-24/h2-6,8-9H,7H2,1H3,(H,17,25)(H,20,21). The van der Waals surface area contributed by atoms with E-state index in [0.717, 1.165) is 21.2 Å². The van der Waals surface area contributed by atoms with E-state index < -0.39 is 0 Å². The Bertz CT molecular complexity index is 1060. The van der Waals surface area contributed by atoms with Crippen LogP contribution in [0.25, 0.3) is 16.4 Å². The molecule has 3 heterocycles. The number of aromatic nitrogens is 7. The molecule has 2 N–H and O–H groups in total. The fourth-order valence-electron chi connectivity index (χ4n) is 2.35. The molecule has 0 atom stereocenters. The van der Waals surface area contributed by atoms with Crippen LogP contribution in [0.3, 0.4) is 0 Å². The highest BCUT2D eigenvalue weighted by atomic mass is 32.1. The largest absolute Gasteiger partial charge is 0.497 e. The van der Waals surface area contributed by atoms with E-state index in [1.807, 2.05) is 24.3 Å². The highest BCUT2D eigenvalue weighted by Crippen LogP contribution is 2.27. The summed E-state index contributed by atoms with van der Waals surface area (Å²) in [7, 11) is 1.63. The molecule has 3 aromatic heterocycles. The van der Waals surface area contributed by atoms with Crippen LogP contribution in [0.2, 0.25) is 0 Å². The van der Waals surface area contributed by atoms with Crippen LogP contribution >= 0.6 is 11.3 Å². The zero-order chi connectivity index (χ0) is 18.6. The summed E-state index contributed by atoms with van der Waals surface area (Å²) in [5, 5.41) is 21.2. The number of rotatable bonds is 6. The summed E-state index contributed by atoms with van der Waals surface area (Å²) < 4.78 is 6.59. The van der Waals surface area contributed by atoms with Gasteiger partial charge in [-0.25, -0.2) is 4.98 Å². The zero-order valence-corrected chi connectivity index (χ0v) is 15.0. The first-order chi connectivity index (χ1) is 13.2. The first kappa shape index (κ1) is 16.8. The van der Waals surface area contributed by atoms with Crippen molar-refractivity contribution in [2.24, 2.45) is 0 Å². The molecule has 1 aromatic carbocycles. The van der Waals surface area contributed by atoms with E-state index in [9.17, 15) is 4.79 Å². The van der Waals surface area contributed by atoms with Gasteiger partial charge >= 0.3 is 0 Å². The third-order valence-corrected chi connectivity index (χ3v) is 4.73. The number of amides is 1. The van der Waals surface area contributed by atoms with E-state index in [0.29, 0.717) is 18.1 Å². The van der Waals surface area contributed by atoms with Crippen LogP contribution in [0.5, 0.6) is 5.75 Å². The molecule has 11 heteroatoms. The maximum absolute atomic E-state index is 12.3. The molecule has 10 nitrogen and oxygen atoms in total. The number of ether oxygens (including phenoxy) is 1. The van der Waals surface area contributed by atoms with Crippen LogP contribution in [0.4, 0.5) is 0 Å². The maximum atomic E-state index is 12.3. The highest BCUT2D eigenvalue weighted by Gasteiger charge is 2.12. The van der Waals surface area contributed by atoms with E-state index >= 15 is 0 Å². The van der Waals surface area contributed by atoms with Gasteiger partial charge in [-0.15, -0.1) is 16.4 Å². The van der Waals surface area contributed by atoms with Crippen LogP contribution in [0.15, 0.2) is 42.9 Å². The topological polar surface area (TPSA) is 124 Å². The van der Waals surface area contributed by atoms with E-state index in [1.54, 1.807) is 19.4 Å². The summed E-state index contributed by atoms with van der Waals surface area (Å²) in [5.74, 6) is 0.927. The van der Waals surface area contributed by atoms with E-state index in [4.69, 9.17) is 4.74 Å². The Morgan fingerprint density at radius 1 is 1.37 bits per heavy atom. The van der Waals surface area contributed by atoms with Crippen LogP contribution < -0.4 is 10.1 Å². The van der Waals surface area contributed by atoms with Crippen LogP contribution in [0, 0.1) is 0 Å². The minimum absolute atomic E-state index is 0.279. The smallest absolute Gasteiger partial charge is 0.269 e. The van der Waals surface area contributed by atoms with Crippen molar-refractivity contribution >= 4 is 17.2 Å². The van der Waals surface area contributed by atoms with Crippen LogP contribution in [-0.2, 0) is 6.54 Å². The molecular formula is C16H14N8O2S. The van der Waals surface area contributed by atoms with Gasteiger partial charge in [-0.05, 0) is 22.6 Å². The Balaban J connectivity index is 1.40. The summed E-state index contributed by atoms with van der Waals surface area (Å²) in [4.78, 5) is 17.6. The van der Waals surface area contributed by atoms with Gasteiger partial charge in [0, 0.05) is 22.7 Å². The number of carbonyl (C=O) groups is 1. The van der Waals surface area contributed by atoms with Crippen molar-refractivity contribution in [1.29, 1.82) is 0 Å². The number of tetrazole rings is 1. The van der Waals surface area contributed by atoms with Crippen molar-refractivity contribution in [2.75, 3.05) is 7.11 Å². The van der Waals surface area contributed by atoms with Gasteiger partial charge in [0.25, 0.3) is 5.91 Å². The van der Waals surface area contributed by atoms with E-state index in [1.165, 1.54) is 22.3 Å². The lowest BCUT2D eigenvalue weighted by Gasteiger charge is -2.01. The first-order valence-electron chi connectivity index (χ1n) is 7.89. The third-order valence-electron chi connectivity index (χ3n) is 3.69. The molecule has 136 valence electrons. The molecule has 0 fully saturated rings. The number of hydrogen-bond donors (Lipinski definition) is 2. The number of aromatic amines is 1. The monoisotopic (exact) mass is 382 g/mol. The Morgan fingerprint density at radius 3 is 3.11 bits per heavy atom. The first-order valence-corrected chi connectivity index (χ1v) is 8.70. The second-order valence-electron chi connectivity index (χ2n) is 5.44. The zero-order valence-electron chi connectivity index (χ0n) is 14.2. The van der Waals surface area contributed by atoms with Gasteiger partial charge in [0.1, 0.15) is 22.8 Å². The molecule has 0 saturated carbocycles. The fourth-order valence-corrected chi connectivity index (χ4v) is 3.20. The molecule has 1 amide bonds. The van der Waals surface area contributed by atoms with Crippen molar-refractivity contribution in [3.05, 3.63) is 53.4 Å². The predicted octanol–water partition coefficient (Wildman–Crippen LogP) is 1.45. The molecule has 4 rings (SSSR count). The van der Waals surface area contributed by atoms with Gasteiger partial charge in [0.2, 0.25) is 0 Å². The second-order valence-corrected chi connectivity index (χ2v) is 6.56. The van der Waals surface area contributed by atoms with E-state index in [2.05, 4.69) is 36.0 Å². The third kappa shape index (κ3) is 3.67. The molecule has 0 saturated heterocycles. The van der Waals surface area contributed by atoms with Crippen molar-refractivity contribution < 1.29 is 9.53 Å². The van der Waals surface area contributed by atoms with Crippen LogP contribution in [-0.4, -0.2) is 48.4 Å². The molecule has 0 bridgehead atoms. The second kappa shape index (κ2) is 7.33.